The van der Waals surface area contributed by atoms with Crippen molar-refractivity contribution in [2.45, 2.75) is 26.5 Å². The highest BCUT2D eigenvalue weighted by Gasteiger charge is 2.12. The van der Waals surface area contributed by atoms with Gasteiger partial charge >= 0.3 is 0 Å². The average molecular weight is 317 g/mol. The molecule has 100 valence electrons. The van der Waals surface area contributed by atoms with E-state index in [9.17, 15) is 15.2 Å². The molecule has 0 aliphatic rings. The SMILES string of the molecule is CC(C)C(O)CNCc1ccc(Br)c([N+](=O)[O-])c1. The van der Waals surface area contributed by atoms with E-state index < -0.39 is 11.0 Å². The van der Waals surface area contributed by atoms with Crippen LogP contribution in [-0.4, -0.2) is 22.7 Å². The maximum Gasteiger partial charge on any atom is 0.283 e. The van der Waals surface area contributed by atoms with Crippen molar-refractivity contribution in [1.82, 2.24) is 5.32 Å². The molecule has 1 atom stereocenters. The zero-order valence-electron chi connectivity index (χ0n) is 10.4. The van der Waals surface area contributed by atoms with Gasteiger partial charge in [-0.3, -0.25) is 10.1 Å². The molecule has 1 aromatic rings. The topological polar surface area (TPSA) is 75.4 Å². The Bertz CT molecular complexity index is 424. The number of nitro groups is 1. The van der Waals surface area contributed by atoms with Crippen LogP contribution in [0.1, 0.15) is 19.4 Å². The summed E-state index contributed by atoms with van der Waals surface area (Å²) < 4.78 is 0.471. The Labute approximate surface area is 114 Å². The minimum absolute atomic E-state index is 0.0544. The lowest BCUT2D eigenvalue weighted by Crippen LogP contribution is -2.30. The number of rotatable bonds is 6. The predicted molar refractivity (Wildman–Crippen MR) is 73.3 cm³/mol. The molecule has 0 aromatic heterocycles. The third-order valence-electron chi connectivity index (χ3n) is 2.66. The number of nitro benzene ring substituents is 1. The van der Waals surface area contributed by atoms with Crippen molar-refractivity contribution in [1.29, 1.82) is 0 Å². The number of hydrogen-bond acceptors (Lipinski definition) is 4. The van der Waals surface area contributed by atoms with Crippen LogP contribution in [0.15, 0.2) is 22.7 Å². The third-order valence-corrected chi connectivity index (χ3v) is 3.33. The summed E-state index contributed by atoms with van der Waals surface area (Å²) in [5.41, 5.74) is 0.875. The molecule has 0 spiro atoms. The van der Waals surface area contributed by atoms with Crippen LogP contribution in [0, 0.1) is 16.0 Å². The Morgan fingerprint density at radius 2 is 2.17 bits per heavy atom. The molecule has 0 fully saturated rings. The largest absolute Gasteiger partial charge is 0.392 e. The molecule has 6 heteroatoms. The lowest BCUT2D eigenvalue weighted by Gasteiger charge is -2.15. The van der Waals surface area contributed by atoms with Gasteiger partial charge in [-0.15, -0.1) is 0 Å². The number of hydrogen-bond donors (Lipinski definition) is 2. The van der Waals surface area contributed by atoms with Crippen molar-refractivity contribution in [3.63, 3.8) is 0 Å². The minimum Gasteiger partial charge on any atom is -0.392 e. The number of benzene rings is 1. The molecule has 18 heavy (non-hydrogen) atoms. The van der Waals surface area contributed by atoms with Crippen LogP contribution < -0.4 is 5.32 Å². The Morgan fingerprint density at radius 3 is 2.72 bits per heavy atom. The van der Waals surface area contributed by atoms with Gasteiger partial charge in [0.05, 0.1) is 15.5 Å². The van der Waals surface area contributed by atoms with Gasteiger partial charge in [-0.25, -0.2) is 0 Å². The first-order valence-corrected chi connectivity index (χ1v) is 6.52. The van der Waals surface area contributed by atoms with E-state index in [4.69, 9.17) is 0 Å². The quantitative estimate of drug-likeness (QED) is 0.624. The molecule has 0 saturated carbocycles. The van der Waals surface area contributed by atoms with Crippen LogP contribution in [0.2, 0.25) is 0 Å². The van der Waals surface area contributed by atoms with Crippen molar-refractivity contribution in [2.75, 3.05) is 6.54 Å². The molecule has 0 heterocycles. The summed E-state index contributed by atoms with van der Waals surface area (Å²) >= 11 is 3.14. The summed E-state index contributed by atoms with van der Waals surface area (Å²) in [5.74, 6) is 0.191. The van der Waals surface area contributed by atoms with Gasteiger partial charge in [-0.05, 0) is 33.5 Å². The molecular formula is C12H17BrN2O3. The van der Waals surface area contributed by atoms with E-state index in [-0.39, 0.29) is 11.6 Å². The summed E-state index contributed by atoms with van der Waals surface area (Å²) in [5, 5.41) is 23.5. The Hall–Kier alpha value is -0.980. The first-order valence-electron chi connectivity index (χ1n) is 5.73. The lowest BCUT2D eigenvalue weighted by atomic mass is 10.1. The fourth-order valence-electron chi connectivity index (χ4n) is 1.41. The van der Waals surface area contributed by atoms with Gasteiger partial charge in [0.1, 0.15) is 0 Å². The molecule has 2 N–H and O–H groups in total. The van der Waals surface area contributed by atoms with Gasteiger partial charge in [-0.1, -0.05) is 19.9 Å². The molecule has 0 amide bonds. The van der Waals surface area contributed by atoms with E-state index in [1.165, 1.54) is 6.07 Å². The van der Waals surface area contributed by atoms with Gasteiger partial charge in [0.2, 0.25) is 0 Å². The van der Waals surface area contributed by atoms with Crippen molar-refractivity contribution in [2.24, 2.45) is 5.92 Å². The van der Waals surface area contributed by atoms with Crippen molar-refractivity contribution < 1.29 is 10.0 Å². The number of aliphatic hydroxyl groups excluding tert-OH is 1. The Morgan fingerprint density at radius 1 is 1.50 bits per heavy atom. The Balaban J connectivity index is 2.58. The monoisotopic (exact) mass is 316 g/mol. The summed E-state index contributed by atoms with van der Waals surface area (Å²) in [6.45, 7) is 4.85. The molecular weight excluding hydrogens is 300 g/mol. The molecule has 1 unspecified atom stereocenters. The fraction of sp³-hybridized carbons (Fsp3) is 0.500. The maximum absolute atomic E-state index is 10.8. The highest BCUT2D eigenvalue weighted by atomic mass is 79.9. The minimum atomic E-state index is -0.420. The highest BCUT2D eigenvalue weighted by Crippen LogP contribution is 2.25. The molecule has 0 aliphatic heterocycles. The first-order chi connectivity index (χ1) is 8.41. The molecule has 5 nitrogen and oxygen atoms in total. The van der Waals surface area contributed by atoms with E-state index >= 15 is 0 Å². The van der Waals surface area contributed by atoms with Gasteiger partial charge in [0, 0.05) is 19.2 Å². The summed E-state index contributed by atoms with van der Waals surface area (Å²) in [7, 11) is 0. The fourth-order valence-corrected chi connectivity index (χ4v) is 1.80. The van der Waals surface area contributed by atoms with Gasteiger partial charge in [0.25, 0.3) is 5.69 Å². The van der Waals surface area contributed by atoms with Gasteiger partial charge in [-0.2, -0.15) is 0 Å². The summed E-state index contributed by atoms with van der Waals surface area (Å²) in [4.78, 5) is 10.3. The molecule has 0 aliphatic carbocycles. The van der Waals surface area contributed by atoms with Gasteiger partial charge in [0.15, 0.2) is 0 Å². The zero-order chi connectivity index (χ0) is 13.7. The number of nitrogens with one attached hydrogen (secondary N) is 1. The van der Waals surface area contributed by atoms with E-state index in [1.807, 2.05) is 19.9 Å². The highest BCUT2D eigenvalue weighted by molar-refractivity contribution is 9.10. The second-order valence-electron chi connectivity index (χ2n) is 4.49. The second kappa shape index (κ2) is 6.82. The Kier molecular flexibility index (Phi) is 5.71. The maximum atomic E-state index is 10.8. The smallest absolute Gasteiger partial charge is 0.283 e. The normalized spacial score (nSPS) is 12.7. The van der Waals surface area contributed by atoms with Crippen LogP contribution in [0.4, 0.5) is 5.69 Å². The number of aliphatic hydroxyl groups is 1. The number of nitrogens with zero attached hydrogens (tertiary/aromatic N) is 1. The summed E-state index contributed by atoms with van der Waals surface area (Å²) in [6.07, 6.45) is -0.407. The standard InChI is InChI=1S/C12H17BrN2O3/c1-8(2)12(16)7-14-6-9-3-4-10(13)11(5-9)15(17)18/h3-5,8,12,14,16H,6-7H2,1-2H3. The average Bonchev–Trinajstić information content (AvgIpc) is 2.30. The zero-order valence-corrected chi connectivity index (χ0v) is 12.0. The van der Waals surface area contributed by atoms with E-state index in [0.29, 0.717) is 17.6 Å². The van der Waals surface area contributed by atoms with Crippen LogP contribution in [-0.2, 0) is 6.54 Å². The first kappa shape index (κ1) is 15.1. The lowest BCUT2D eigenvalue weighted by molar-refractivity contribution is -0.385. The summed E-state index contributed by atoms with van der Waals surface area (Å²) in [6, 6.07) is 5.00. The van der Waals surface area contributed by atoms with E-state index in [0.717, 1.165) is 5.56 Å². The molecule has 0 radical (unpaired) electrons. The second-order valence-corrected chi connectivity index (χ2v) is 5.34. The van der Waals surface area contributed by atoms with Crippen LogP contribution in [0.25, 0.3) is 0 Å². The van der Waals surface area contributed by atoms with Crippen molar-refractivity contribution in [3.05, 3.63) is 38.3 Å². The van der Waals surface area contributed by atoms with Crippen molar-refractivity contribution in [3.8, 4) is 0 Å². The van der Waals surface area contributed by atoms with Crippen LogP contribution >= 0.6 is 15.9 Å². The predicted octanol–water partition coefficient (Wildman–Crippen LogP) is 2.46. The van der Waals surface area contributed by atoms with E-state index in [1.54, 1.807) is 6.07 Å². The van der Waals surface area contributed by atoms with Gasteiger partial charge < -0.3 is 10.4 Å². The van der Waals surface area contributed by atoms with Crippen molar-refractivity contribution >= 4 is 21.6 Å². The van der Waals surface area contributed by atoms with Crippen LogP contribution in [0.5, 0.6) is 0 Å². The van der Waals surface area contributed by atoms with E-state index in [2.05, 4.69) is 21.2 Å². The molecule has 1 aromatic carbocycles. The molecule has 1 rings (SSSR count). The number of halogens is 1. The van der Waals surface area contributed by atoms with Crippen LogP contribution in [0.3, 0.4) is 0 Å². The third kappa shape index (κ3) is 4.36. The molecule has 0 saturated heterocycles. The molecule has 0 bridgehead atoms.